The van der Waals surface area contributed by atoms with E-state index in [0.717, 1.165) is 77.0 Å². The Morgan fingerprint density at radius 3 is 0.740 bits per heavy atom. The summed E-state index contributed by atoms with van der Waals surface area (Å²) in [5, 5.41) is 18.2. The predicted molar refractivity (Wildman–Crippen MR) is 398 cm³/mol. The van der Waals surface area contributed by atoms with E-state index >= 15 is 0 Å². The molecule has 0 saturated carbocycles. The van der Waals surface area contributed by atoms with Crippen molar-refractivity contribution in [2.75, 3.05) is 52.9 Å². The zero-order valence-corrected chi connectivity index (χ0v) is 73.2. The molecule has 2 N–H and O–H groups in total. The van der Waals surface area contributed by atoms with E-state index in [4.69, 9.17) is 47.1 Å². The minimum absolute atomic E-state index is 0. The molecule has 0 spiro atoms. The molecule has 0 aliphatic carbocycles. The fourth-order valence-electron chi connectivity index (χ4n) is 11.1. The summed E-state index contributed by atoms with van der Waals surface area (Å²) in [4.78, 5) is 99.4. The van der Waals surface area contributed by atoms with Crippen molar-refractivity contribution in [2.45, 2.75) is 401 Å². The molecule has 4 unspecified atom stereocenters. The van der Waals surface area contributed by atoms with Crippen LogP contribution in [-0.2, 0) is 84.4 Å². The van der Waals surface area contributed by atoms with Crippen LogP contribution >= 0.6 is 15.6 Å². The summed E-state index contributed by atoms with van der Waals surface area (Å²) in [7, 11) is -9.88. The van der Waals surface area contributed by atoms with Gasteiger partial charge in [0.15, 0.2) is 18.3 Å². The van der Waals surface area contributed by atoms with Crippen LogP contribution < -0.4 is 68.9 Å². The Labute approximate surface area is 675 Å². The first-order chi connectivity index (χ1) is 49.0. The van der Waals surface area contributed by atoms with Crippen LogP contribution in [0.25, 0.3) is 0 Å². The van der Waals surface area contributed by atoms with Gasteiger partial charge in [0.2, 0.25) is 0 Å². The first-order valence-corrected chi connectivity index (χ1v) is 43.5. The van der Waals surface area contributed by atoms with Gasteiger partial charge in [-0.15, -0.1) is 0 Å². The van der Waals surface area contributed by atoms with Crippen molar-refractivity contribution in [1.29, 1.82) is 0 Å². The maximum Gasteiger partial charge on any atom is 1.00 e. The average Bonchev–Trinajstić information content (AvgIpc) is 0.907. The molecule has 0 aromatic rings. The van der Waals surface area contributed by atoms with E-state index in [1.165, 1.54) is 180 Å². The first kappa shape index (κ1) is 109. The van der Waals surface area contributed by atoms with Gasteiger partial charge in [-0.05, 0) is 37.5 Å². The molecule has 0 aliphatic heterocycles. The molecular weight excluding hydrogens is 1400 g/mol. The molecule has 0 saturated heterocycles. The number of aliphatic hydroxyl groups excluding tert-OH is 2. The molecule has 0 aromatic carbocycles. The Hall–Kier alpha value is -1.04. The van der Waals surface area contributed by atoms with Crippen LogP contribution in [0.4, 0.5) is 0 Å². The monoisotopic (exact) mass is 1540 g/mol. The number of carbonyl (C=O) groups is 6. The van der Waals surface area contributed by atoms with E-state index in [9.17, 15) is 52.8 Å². The normalized spacial score (nSPS) is 13.6. The Bertz CT molecular complexity index is 2100. The van der Waals surface area contributed by atoms with Crippen molar-refractivity contribution in [3.8, 4) is 0 Å². The Morgan fingerprint density at radius 2 is 0.500 bits per heavy atom. The number of aliphatic hydroxyl groups is 2. The quantitative estimate of drug-likeness (QED) is 0.0188. The molecule has 0 aromatic heterocycles. The third kappa shape index (κ3) is 80.5. The van der Waals surface area contributed by atoms with Gasteiger partial charge in [-0.1, -0.05) is 312 Å². The van der Waals surface area contributed by atoms with Gasteiger partial charge in [-0.25, -0.2) is 0 Å². The molecule has 0 fully saturated rings. The molecule has 6 atom stereocenters. The van der Waals surface area contributed by atoms with Gasteiger partial charge in [0.1, 0.15) is 25.9 Å². The molecule has 604 valence electrons. The molecule has 104 heavy (non-hydrogen) atoms. The van der Waals surface area contributed by atoms with Crippen LogP contribution in [-0.4, -0.2) is 123 Å². The van der Waals surface area contributed by atoms with Crippen LogP contribution in [0.3, 0.4) is 0 Å². The van der Waals surface area contributed by atoms with E-state index in [1.54, 1.807) is 0 Å². The van der Waals surface area contributed by atoms with Gasteiger partial charge < -0.3 is 66.5 Å². The van der Waals surface area contributed by atoms with Gasteiger partial charge in [0.05, 0.1) is 33.0 Å². The summed E-state index contributed by atoms with van der Waals surface area (Å²) in [6.45, 7) is 11.9. The molecule has 0 rings (SSSR count). The summed E-state index contributed by atoms with van der Waals surface area (Å²) < 4.78 is 76.5. The second kappa shape index (κ2) is 78.6. The maximum atomic E-state index is 12.8. The largest absolute Gasteiger partial charge is 1.00 e. The number of hydrogen-bond acceptors (Lipinski definition) is 22. The number of carbonyl (C=O) groups excluding carboxylic acids is 6. The zero-order chi connectivity index (χ0) is 76.0. The fraction of sp³-hybridized carbons (Fsp3) is 0.923. The van der Waals surface area contributed by atoms with Crippen molar-refractivity contribution >= 4 is 51.5 Å². The third-order valence-corrected chi connectivity index (χ3v) is 19.0. The van der Waals surface area contributed by atoms with E-state index in [0.29, 0.717) is 25.7 Å². The van der Waals surface area contributed by atoms with Crippen molar-refractivity contribution in [3.05, 3.63) is 0 Å². The van der Waals surface area contributed by atoms with Gasteiger partial charge >= 0.3 is 94.9 Å². The average molecular weight is 1550 g/mol. The Morgan fingerprint density at radius 1 is 0.298 bits per heavy atom. The number of phosphoric ester groups is 2. The van der Waals surface area contributed by atoms with Crippen LogP contribution in [0.15, 0.2) is 0 Å². The van der Waals surface area contributed by atoms with Crippen LogP contribution in [0.2, 0.25) is 0 Å². The number of ether oxygens (including phenoxy) is 6. The maximum absolute atomic E-state index is 12.8. The molecular formula is C78H148Na2O22P2. The molecule has 0 amide bonds. The number of esters is 6. The predicted octanol–water partition coefficient (Wildman–Crippen LogP) is 12.6. The van der Waals surface area contributed by atoms with Gasteiger partial charge in [-0.2, -0.15) is 0 Å². The molecule has 0 radical (unpaired) electrons. The smallest absolute Gasteiger partial charge is 0.756 e. The minimum Gasteiger partial charge on any atom is -0.756 e. The summed E-state index contributed by atoms with van der Waals surface area (Å²) in [6.07, 6.45) is 46.7. The van der Waals surface area contributed by atoms with Crippen molar-refractivity contribution < 1.29 is 164 Å². The minimum atomic E-state index is -5.03. The topological polar surface area (TPSA) is 315 Å². The van der Waals surface area contributed by atoms with Gasteiger partial charge in [0, 0.05) is 38.5 Å². The molecule has 0 bridgehead atoms. The van der Waals surface area contributed by atoms with Gasteiger partial charge in [-0.3, -0.25) is 37.9 Å². The van der Waals surface area contributed by atoms with E-state index in [-0.39, 0.29) is 123 Å². The summed E-state index contributed by atoms with van der Waals surface area (Å²) in [6, 6.07) is 0. The standard InChI is InChI=1S/C44H83O12P.C34H67O10P.2Na/c1-7-9-11-13-15-17-19-21-23-25-27-29-41(45)51-33-39(55-42(46)30-28-26-24-22-20-18-16-14-12-10-8-2)35-53-57(49,50)54-36-40(56-44(48)32-38(5)6)34-52-43(47)31-37(3)4;1-3-5-7-9-11-13-15-17-19-21-23-25-33(37)41-29-32(30-43-45(39,40)42-28-31(36)27-35)44-34(38)26-24-22-20-18-16-14-12-10-8-6-4-2;;/h37-40H,7-36H2,1-6H3,(H,49,50);31-32,35-36H,3-30H2,1-2H3,(H,39,40);;/q;;2*+1/p-2/t39-,40?;31?,32-;;/m11../s1. The zero-order valence-electron chi connectivity index (χ0n) is 67.4. The van der Waals surface area contributed by atoms with Crippen molar-refractivity contribution in [3.63, 3.8) is 0 Å². The number of phosphoric acid groups is 2. The SMILES string of the molecule is CCCCCCCCCCCCCC(=O)OC[C@H](COP(=O)([O-])OCC(COC(=O)CC(C)C)OC(=O)CC(C)C)OC(=O)CCCCCCCCCCCCC.CCCCCCCCCCCCCC(=O)OC[C@H](COP(=O)([O-])OCC(O)CO)OC(=O)CCCCCCCCCCCCC.[Na+].[Na+]. The van der Waals surface area contributed by atoms with E-state index in [2.05, 4.69) is 32.2 Å². The Balaban J connectivity index is -0.000000969. The van der Waals surface area contributed by atoms with Crippen LogP contribution in [0.1, 0.15) is 376 Å². The second-order valence-electron chi connectivity index (χ2n) is 28.6. The van der Waals surface area contributed by atoms with Gasteiger partial charge in [0.25, 0.3) is 15.6 Å². The Kier molecular flexibility index (Phi) is 82.6. The van der Waals surface area contributed by atoms with Crippen molar-refractivity contribution in [1.82, 2.24) is 0 Å². The summed E-state index contributed by atoms with van der Waals surface area (Å²) >= 11 is 0. The first-order valence-electron chi connectivity index (χ1n) is 40.6. The number of rotatable bonds is 74. The summed E-state index contributed by atoms with van der Waals surface area (Å²) in [5.74, 6) is -3.05. The van der Waals surface area contributed by atoms with Crippen molar-refractivity contribution in [2.24, 2.45) is 11.8 Å². The third-order valence-electron chi connectivity index (χ3n) is 17.2. The number of unbranched alkanes of at least 4 members (excludes halogenated alkanes) is 40. The van der Waals surface area contributed by atoms with E-state index < -0.39 is 116 Å². The fourth-order valence-corrected chi connectivity index (χ4v) is 12.6. The van der Waals surface area contributed by atoms with Crippen LogP contribution in [0.5, 0.6) is 0 Å². The van der Waals surface area contributed by atoms with E-state index in [1.807, 2.05) is 27.7 Å². The molecule has 26 heteroatoms. The van der Waals surface area contributed by atoms with Crippen LogP contribution in [0, 0.1) is 11.8 Å². The second-order valence-corrected chi connectivity index (χ2v) is 31.5. The molecule has 0 aliphatic rings. The molecule has 22 nitrogen and oxygen atoms in total. The summed E-state index contributed by atoms with van der Waals surface area (Å²) in [5.41, 5.74) is 0. The molecule has 0 heterocycles. The number of hydrogen-bond donors (Lipinski definition) is 2.